The van der Waals surface area contributed by atoms with Crippen LogP contribution in [0.25, 0.3) is 0 Å². The first-order chi connectivity index (χ1) is 9.04. The monoisotopic (exact) mass is 283 g/mol. The summed E-state index contributed by atoms with van der Waals surface area (Å²) in [4.78, 5) is 0. The summed E-state index contributed by atoms with van der Waals surface area (Å²) in [6, 6.07) is 3.73. The molecule has 2 N–H and O–H groups in total. The van der Waals surface area contributed by atoms with E-state index in [1.807, 2.05) is 26.0 Å². The SMILES string of the molecule is COc1ccc(Cl)c(C2(CN)CCC2)c1OC(C)C. The van der Waals surface area contributed by atoms with Crippen LogP contribution in [0.3, 0.4) is 0 Å². The number of rotatable bonds is 5. The van der Waals surface area contributed by atoms with Crippen molar-refractivity contribution < 1.29 is 9.47 Å². The van der Waals surface area contributed by atoms with Crippen LogP contribution < -0.4 is 15.2 Å². The van der Waals surface area contributed by atoms with Gasteiger partial charge in [0.15, 0.2) is 11.5 Å². The predicted octanol–water partition coefficient (Wildman–Crippen LogP) is 3.52. The zero-order chi connectivity index (χ0) is 14.0. The Hall–Kier alpha value is -0.930. The molecular weight excluding hydrogens is 262 g/mol. The van der Waals surface area contributed by atoms with Gasteiger partial charge in [-0.25, -0.2) is 0 Å². The molecule has 19 heavy (non-hydrogen) atoms. The lowest BCUT2D eigenvalue weighted by molar-refractivity contribution is 0.202. The second kappa shape index (κ2) is 5.59. The van der Waals surface area contributed by atoms with Crippen LogP contribution in [0.5, 0.6) is 11.5 Å². The zero-order valence-corrected chi connectivity index (χ0v) is 12.6. The van der Waals surface area contributed by atoms with E-state index in [2.05, 4.69) is 0 Å². The molecule has 0 atom stereocenters. The van der Waals surface area contributed by atoms with Gasteiger partial charge in [-0.2, -0.15) is 0 Å². The summed E-state index contributed by atoms with van der Waals surface area (Å²) < 4.78 is 11.4. The third-order valence-corrected chi connectivity index (χ3v) is 4.19. The predicted molar refractivity (Wildman–Crippen MR) is 78.4 cm³/mol. The highest BCUT2D eigenvalue weighted by Gasteiger charge is 2.42. The molecule has 0 amide bonds. The quantitative estimate of drug-likeness (QED) is 0.899. The average molecular weight is 284 g/mol. The van der Waals surface area contributed by atoms with Crippen molar-refractivity contribution in [3.05, 3.63) is 22.7 Å². The van der Waals surface area contributed by atoms with E-state index in [-0.39, 0.29) is 11.5 Å². The summed E-state index contributed by atoms with van der Waals surface area (Å²) in [6.07, 6.45) is 3.38. The van der Waals surface area contributed by atoms with E-state index < -0.39 is 0 Å². The van der Waals surface area contributed by atoms with Gasteiger partial charge in [-0.05, 0) is 38.8 Å². The maximum Gasteiger partial charge on any atom is 0.166 e. The van der Waals surface area contributed by atoms with Gasteiger partial charge >= 0.3 is 0 Å². The van der Waals surface area contributed by atoms with Crippen LogP contribution >= 0.6 is 11.6 Å². The van der Waals surface area contributed by atoms with Crippen molar-refractivity contribution in [1.29, 1.82) is 0 Å². The number of hydrogen-bond donors (Lipinski definition) is 1. The molecule has 1 fully saturated rings. The van der Waals surface area contributed by atoms with E-state index in [9.17, 15) is 0 Å². The van der Waals surface area contributed by atoms with Crippen molar-refractivity contribution in [3.63, 3.8) is 0 Å². The van der Waals surface area contributed by atoms with Crippen molar-refractivity contribution in [1.82, 2.24) is 0 Å². The van der Waals surface area contributed by atoms with Crippen LogP contribution in [0.2, 0.25) is 5.02 Å². The van der Waals surface area contributed by atoms with Crippen LogP contribution in [0.1, 0.15) is 38.7 Å². The number of halogens is 1. The highest BCUT2D eigenvalue weighted by Crippen LogP contribution is 2.52. The molecule has 0 heterocycles. The van der Waals surface area contributed by atoms with Gasteiger partial charge in [-0.1, -0.05) is 18.0 Å². The third-order valence-electron chi connectivity index (χ3n) is 3.88. The van der Waals surface area contributed by atoms with Gasteiger partial charge in [0.25, 0.3) is 0 Å². The van der Waals surface area contributed by atoms with Gasteiger partial charge in [-0.15, -0.1) is 0 Å². The molecule has 2 rings (SSSR count). The third kappa shape index (κ3) is 2.54. The average Bonchev–Trinajstić information content (AvgIpc) is 2.31. The lowest BCUT2D eigenvalue weighted by Crippen LogP contribution is -2.42. The van der Waals surface area contributed by atoms with Gasteiger partial charge < -0.3 is 15.2 Å². The standard InChI is InChI=1S/C15H22ClNO2/c1-10(2)19-14-12(18-3)6-5-11(16)13(14)15(9-17)7-4-8-15/h5-6,10H,4,7-9,17H2,1-3H3. The molecular formula is C15H22ClNO2. The molecule has 0 saturated heterocycles. The smallest absolute Gasteiger partial charge is 0.166 e. The normalized spacial score (nSPS) is 17.2. The fraction of sp³-hybridized carbons (Fsp3) is 0.600. The highest BCUT2D eigenvalue weighted by molar-refractivity contribution is 6.31. The molecule has 1 saturated carbocycles. The molecule has 3 nitrogen and oxygen atoms in total. The second-order valence-electron chi connectivity index (χ2n) is 5.46. The molecule has 0 spiro atoms. The Balaban J connectivity index is 2.56. The Bertz CT molecular complexity index is 450. The number of methoxy groups -OCH3 is 1. The highest BCUT2D eigenvalue weighted by atomic mass is 35.5. The minimum absolute atomic E-state index is 0.0458. The zero-order valence-electron chi connectivity index (χ0n) is 11.8. The molecule has 1 aliphatic rings. The molecule has 0 bridgehead atoms. The summed E-state index contributed by atoms with van der Waals surface area (Å²) in [7, 11) is 1.65. The van der Waals surface area contributed by atoms with E-state index in [0.29, 0.717) is 6.54 Å². The first kappa shape index (κ1) is 14.5. The second-order valence-corrected chi connectivity index (χ2v) is 5.87. The van der Waals surface area contributed by atoms with Crippen molar-refractivity contribution in [2.24, 2.45) is 5.73 Å². The molecule has 0 unspecified atom stereocenters. The molecule has 1 aromatic rings. The first-order valence-corrected chi connectivity index (χ1v) is 7.15. The fourth-order valence-corrected chi connectivity index (χ4v) is 3.06. The molecule has 4 heteroatoms. The summed E-state index contributed by atoms with van der Waals surface area (Å²) in [5, 5.41) is 0.724. The van der Waals surface area contributed by atoms with Crippen molar-refractivity contribution in [2.45, 2.75) is 44.6 Å². The Kier molecular flexibility index (Phi) is 4.26. The van der Waals surface area contributed by atoms with Crippen LogP contribution in [-0.4, -0.2) is 19.8 Å². The van der Waals surface area contributed by atoms with Gasteiger partial charge in [0.2, 0.25) is 0 Å². The fourth-order valence-electron chi connectivity index (χ4n) is 2.71. The lowest BCUT2D eigenvalue weighted by atomic mass is 9.64. The van der Waals surface area contributed by atoms with Gasteiger partial charge in [0.05, 0.1) is 13.2 Å². The van der Waals surface area contributed by atoms with Crippen molar-refractivity contribution in [3.8, 4) is 11.5 Å². The van der Waals surface area contributed by atoms with E-state index in [1.165, 1.54) is 6.42 Å². The maximum atomic E-state index is 6.43. The molecule has 0 radical (unpaired) electrons. The largest absolute Gasteiger partial charge is 0.493 e. The van der Waals surface area contributed by atoms with Crippen LogP contribution in [-0.2, 0) is 5.41 Å². The van der Waals surface area contributed by atoms with Crippen LogP contribution in [0, 0.1) is 0 Å². The van der Waals surface area contributed by atoms with Crippen molar-refractivity contribution in [2.75, 3.05) is 13.7 Å². The Morgan fingerprint density at radius 3 is 2.47 bits per heavy atom. The topological polar surface area (TPSA) is 44.5 Å². The lowest BCUT2D eigenvalue weighted by Gasteiger charge is -2.43. The molecule has 1 aliphatic carbocycles. The Morgan fingerprint density at radius 1 is 1.37 bits per heavy atom. The summed E-state index contributed by atoms with van der Waals surface area (Å²) in [5.74, 6) is 1.49. The molecule has 106 valence electrons. The number of ether oxygens (including phenoxy) is 2. The summed E-state index contributed by atoms with van der Waals surface area (Å²) in [6.45, 7) is 4.59. The molecule has 0 aromatic heterocycles. The number of benzene rings is 1. The van der Waals surface area contributed by atoms with Gasteiger partial charge in [-0.3, -0.25) is 0 Å². The maximum absolute atomic E-state index is 6.43. The van der Waals surface area contributed by atoms with Crippen LogP contribution in [0.15, 0.2) is 12.1 Å². The van der Waals surface area contributed by atoms with E-state index in [4.69, 9.17) is 26.8 Å². The van der Waals surface area contributed by atoms with E-state index >= 15 is 0 Å². The first-order valence-electron chi connectivity index (χ1n) is 6.78. The summed E-state index contributed by atoms with van der Waals surface area (Å²) in [5.41, 5.74) is 6.98. The minimum Gasteiger partial charge on any atom is -0.493 e. The van der Waals surface area contributed by atoms with Crippen molar-refractivity contribution >= 4 is 11.6 Å². The Morgan fingerprint density at radius 2 is 2.05 bits per heavy atom. The number of hydrogen-bond acceptors (Lipinski definition) is 3. The minimum atomic E-state index is -0.0458. The number of nitrogens with two attached hydrogens (primary N) is 1. The van der Waals surface area contributed by atoms with E-state index in [1.54, 1.807) is 7.11 Å². The molecule has 0 aliphatic heterocycles. The Labute approximate surface area is 120 Å². The van der Waals surface area contributed by atoms with Gasteiger partial charge in [0, 0.05) is 22.5 Å². The molecule has 1 aromatic carbocycles. The van der Waals surface area contributed by atoms with E-state index in [0.717, 1.165) is 34.9 Å². The summed E-state index contributed by atoms with van der Waals surface area (Å²) >= 11 is 6.43. The van der Waals surface area contributed by atoms with Crippen LogP contribution in [0.4, 0.5) is 0 Å². The van der Waals surface area contributed by atoms with Gasteiger partial charge in [0.1, 0.15) is 0 Å².